The van der Waals surface area contributed by atoms with Crippen LogP contribution in [0, 0.1) is 3.57 Å². The van der Waals surface area contributed by atoms with Crippen molar-refractivity contribution in [3.8, 4) is 0 Å². The van der Waals surface area contributed by atoms with Crippen molar-refractivity contribution in [3.05, 3.63) is 19.9 Å². The van der Waals surface area contributed by atoms with Crippen LogP contribution in [0.15, 0.2) is 11.4 Å². The van der Waals surface area contributed by atoms with E-state index in [-0.39, 0.29) is 26.7 Å². The molecule has 11 heavy (non-hydrogen) atoms. The summed E-state index contributed by atoms with van der Waals surface area (Å²) in [6.45, 7) is 0. The van der Waals surface area contributed by atoms with Gasteiger partial charge in [-0.25, -0.2) is 4.79 Å². The van der Waals surface area contributed by atoms with Gasteiger partial charge in [0.25, 0.3) is 0 Å². The average Bonchev–Trinajstić information content (AvgIpc) is 2.50. The number of rotatable bonds is 2. The van der Waals surface area contributed by atoms with Crippen LogP contribution >= 0.6 is 32.1 Å². The summed E-state index contributed by atoms with van der Waals surface area (Å²) >= 11 is 1.16. The highest BCUT2D eigenvalue weighted by atomic mass is 127. The van der Waals surface area contributed by atoms with Gasteiger partial charge in [-0.1, -0.05) is 25.2 Å². The summed E-state index contributed by atoms with van der Waals surface area (Å²) in [5, 5.41) is 1.90. The smallest absolute Gasteiger partial charge is 0.349 e. The van der Waals surface area contributed by atoms with Crippen molar-refractivity contribution in [1.82, 2.24) is 0 Å². The molecule has 4 heteroatoms. The second-order valence-corrected chi connectivity index (χ2v) is 4.56. The molecule has 0 saturated heterocycles. The molecule has 2 nitrogen and oxygen atoms in total. The number of hydrogen-bond donors (Lipinski definition) is 0. The third-order valence-electron chi connectivity index (χ3n) is 1.13. The fourth-order valence-corrected chi connectivity index (χ4v) is 3.33. The van der Waals surface area contributed by atoms with E-state index < -0.39 is 0 Å². The van der Waals surface area contributed by atoms with Crippen molar-refractivity contribution < 1.29 is 9.53 Å². The van der Waals surface area contributed by atoms with Gasteiger partial charge in [-0.05, 0) is 11.4 Å². The highest BCUT2D eigenvalue weighted by molar-refractivity contribution is 14.2. The standard InChI is InChI=1S/C7H7IO2S/c1-8-5-3-4-11-6(5)7(9)10-2/h3-4H,1H2,2H3. The van der Waals surface area contributed by atoms with Crippen LogP contribution in [-0.4, -0.2) is 17.6 Å². The maximum Gasteiger partial charge on any atom is 0.349 e. The van der Waals surface area contributed by atoms with Crippen LogP contribution in [0.3, 0.4) is 0 Å². The van der Waals surface area contributed by atoms with Gasteiger partial charge < -0.3 is 4.74 Å². The Morgan fingerprint density at radius 3 is 3.09 bits per heavy atom. The van der Waals surface area contributed by atoms with E-state index in [4.69, 9.17) is 0 Å². The molecule has 60 valence electrons. The fraction of sp³-hybridized carbons (Fsp3) is 0.143. The molecule has 0 N–H and O–H groups in total. The lowest BCUT2D eigenvalue weighted by Gasteiger charge is -1.94. The predicted molar refractivity (Wildman–Crippen MR) is 55.5 cm³/mol. The van der Waals surface area contributed by atoms with Crippen LogP contribution in [0.1, 0.15) is 9.67 Å². The number of methoxy groups -OCH3 is 1. The lowest BCUT2D eigenvalue weighted by Crippen LogP contribution is -1.99. The van der Waals surface area contributed by atoms with E-state index in [9.17, 15) is 4.79 Å². The van der Waals surface area contributed by atoms with Gasteiger partial charge in [0.2, 0.25) is 0 Å². The first kappa shape index (κ1) is 8.86. The van der Waals surface area contributed by atoms with E-state index in [1.807, 2.05) is 11.4 Å². The quantitative estimate of drug-likeness (QED) is 0.613. The lowest BCUT2D eigenvalue weighted by molar-refractivity contribution is 0.0605. The highest BCUT2D eigenvalue weighted by Gasteiger charge is 2.10. The summed E-state index contributed by atoms with van der Waals surface area (Å²) in [6.07, 6.45) is 0. The van der Waals surface area contributed by atoms with E-state index in [0.29, 0.717) is 0 Å². The molecule has 1 rings (SSSR count). The summed E-state index contributed by atoms with van der Waals surface area (Å²) in [5.41, 5.74) is 0. The van der Waals surface area contributed by atoms with Crippen molar-refractivity contribution in [2.45, 2.75) is 0 Å². The van der Waals surface area contributed by atoms with Crippen molar-refractivity contribution >= 4 is 42.6 Å². The van der Waals surface area contributed by atoms with Gasteiger partial charge >= 0.3 is 5.97 Å². The minimum atomic E-state index is -0.255. The Morgan fingerprint density at radius 1 is 1.82 bits per heavy atom. The Hall–Kier alpha value is -0.230. The van der Waals surface area contributed by atoms with Crippen molar-refractivity contribution in [3.63, 3.8) is 0 Å². The normalized spacial score (nSPS) is 9.55. The second kappa shape index (κ2) is 3.96. The molecule has 0 fully saturated rings. The molecule has 0 atom stereocenters. The maximum absolute atomic E-state index is 11.0. The van der Waals surface area contributed by atoms with E-state index >= 15 is 0 Å². The minimum absolute atomic E-state index is 0.238. The molecule has 1 aromatic heterocycles. The topological polar surface area (TPSA) is 26.3 Å². The zero-order valence-electron chi connectivity index (χ0n) is 5.96. The number of ether oxygens (including phenoxy) is 1. The van der Waals surface area contributed by atoms with E-state index in [1.54, 1.807) is 0 Å². The Kier molecular flexibility index (Phi) is 3.19. The van der Waals surface area contributed by atoms with Gasteiger partial charge in [0.15, 0.2) is 0 Å². The lowest BCUT2D eigenvalue weighted by atomic mass is 10.5. The molecule has 1 heterocycles. The highest BCUT2D eigenvalue weighted by Crippen LogP contribution is 2.21. The molecule has 0 amide bonds. The van der Waals surface area contributed by atoms with Gasteiger partial charge in [-0.3, -0.25) is 0 Å². The van der Waals surface area contributed by atoms with Crippen LogP contribution < -0.4 is 0 Å². The number of esters is 1. The van der Waals surface area contributed by atoms with Gasteiger partial charge in [0.1, 0.15) is 4.88 Å². The number of carbonyl (C=O) groups is 1. The molecule has 0 aliphatic carbocycles. The van der Waals surface area contributed by atoms with E-state index in [2.05, 4.69) is 9.25 Å². The fourth-order valence-electron chi connectivity index (χ4n) is 0.637. The third kappa shape index (κ3) is 1.87. The first-order valence-electron chi connectivity index (χ1n) is 2.83. The van der Waals surface area contributed by atoms with Crippen molar-refractivity contribution in [2.24, 2.45) is 0 Å². The Bertz CT molecular complexity index is 280. The number of thiophene rings is 1. The van der Waals surface area contributed by atoms with E-state index in [1.165, 1.54) is 18.4 Å². The molecule has 0 bridgehead atoms. The molecular formula is C7H7IO2S. The molecular weight excluding hydrogens is 275 g/mol. The largest absolute Gasteiger partial charge is 0.465 e. The zero-order chi connectivity index (χ0) is 8.27. The van der Waals surface area contributed by atoms with Crippen LogP contribution in [0.4, 0.5) is 0 Å². The van der Waals surface area contributed by atoms with Crippen LogP contribution in [-0.2, 0) is 4.74 Å². The zero-order valence-corrected chi connectivity index (χ0v) is 8.94. The summed E-state index contributed by atoms with van der Waals surface area (Å²) in [7, 11) is 1.40. The average molecular weight is 282 g/mol. The summed E-state index contributed by atoms with van der Waals surface area (Å²) in [6, 6.07) is 1.94. The third-order valence-corrected chi connectivity index (χ3v) is 4.11. The maximum atomic E-state index is 11.0. The first-order chi connectivity index (χ1) is 5.29. The SMILES string of the molecule is C=Ic1ccsc1C(=O)OC. The Balaban J connectivity index is 3.01. The molecule has 0 unspecified atom stereocenters. The summed E-state index contributed by atoms with van der Waals surface area (Å²) in [5.74, 6) is -0.238. The number of halogens is 1. The van der Waals surface area contributed by atoms with Gasteiger partial charge in [0.05, 0.1) is 7.11 Å². The second-order valence-electron chi connectivity index (χ2n) is 1.72. The molecule has 0 spiro atoms. The van der Waals surface area contributed by atoms with Crippen LogP contribution in [0.25, 0.3) is 0 Å². The van der Waals surface area contributed by atoms with Crippen molar-refractivity contribution in [1.29, 1.82) is 0 Å². The summed E-state index contributed by atoms with van der Waals surface area (Å²) < 4.78 is 9.48. The monoisotopic (exact) mass is 282 g/mol. The number of carbonyl (C=O) groups excluding carboxylic acids is 1. The van der Waals surface area contributed by atoms with Gasteiger partial charge in [-0.2, -0.15) is 0 Å². The number of hydrogen-bond acceptors (Lipinski definition) is 3. The predicted octanol–water partition coefficient (Wildman–Crippen LogP) is 2.11. The van der Waals surface area contributed by atoms with Gasteiger partial charge in [0, 0.05) is 3.57 Å². The minimum Gasteiger partial charge on any atom is -0.465 e. The molecule has 0 aliphatic rings. The summed E-state index contributed by atoms with van der Waals surface area (Å²) in [4.78, 5) is 11.8. The Morgan fingerprint density at radius 2 is 2.55 bits per heavy atom. The molecule has 0 radical (unpaired) electrons. The van der Waals surface area contributed by atoms with Gasteiger partial charge in [-0.15, -0.1) is 11.3 Å². The molecule has 1 aromatic rings. The molecule has 0 aromatic carbocycles. The Labute approximate surface area is 78.9 Å². The van der Waals surface area contributed by atoms with E-state index in [0.717, 1.165) is 8.45 Å². The molecule has 0 aliphatic heterocycles. The molecule has 0 saturated carbocycles. The van der Waals surface area contributed by atoms with Crippen molar-refractivity contribution in [2.75, 3.05) is 7.11 Å². The van der Waals surface area contributed by atoms with Crippen LogP contribution in [0.5, 0.6) is 0 Å². The van der Waals surface area contributed by atoms with Crippen LogP contribution in [0.2, 0.25) is 0 Å². The first-order valence-corrected chi connectivity index (χ1v) is 6.32.